The summed E-state index contributed by atoms with van der Waals surface area (Å²) < 4.78 is 0. The molecule has 2 fully saturated rings. The minimum atomic E-state index is -0.166. The molecular formula is C28H38O4. The highest BCUT2D eigenvalue weighted by molar-refractivity contribution is 5.57. The molecule has 4 rings (SSSR count). The lowest BCUT2D eigenvalue weighted by atomic mass is 9.82. The molecule has 0 heterocycles. The average Bonchev–Trinajstić information content (AvgIpc) is 3.70. The van der Waals surface area contributed by atoms with Gasteiger partial charge in [-0.25, -0.2) is 0 Å². The second-order valence-electron chi connectivity index (χ2n) is 10.7. The van der Waals surface area contributed by atoms with Gasteiger partial charge < -0.3 is 20.4 Å². The van der Waals surface area contributed by atoms with Crippen LogP contribution < -0.4 is 0 Å². The van der Waals surface area contributed by atoms with Crippen LogP contribution in [0.5, 0.6) is 11.5 Å². The maximum absolute atomic E-state index is 11.3. The normalized spacial score (nSPS) is 18.2. The molecule has 4 heteroatoms. The van der Waals surface area contributed by atoms with E-state index in [-0.39, 0.29) is 30.0 Å². The van der Waals surface area contributed by atoms with Gasteiger partial charge in [0.05, 0.1) is 0 Å². The minimum Gasteiger partial charge on any atom is -0.507 e. The predicted molar refractivity (Wildman–Crippen MR) is 128 cm³/mol. The van der Waals surface area contributed by atoms with Crippen LogP contribution in [0.3, 0.4) is 0 Å². The van der Waals surface area contributed by atoms with Gasteiger partial charge in [0.25, 0.3) is 0 Å². The molecule has 0 aliphatic heterocycles. The van der Waals surface area contributed by atoms with Crippen molar-refractivity contribution in [3.05, 3.63) is 57.6 Å². The fourth-order valence-corrected chi connectivity index (χ4v) is 4.95. The van der Waals surface area contributed by atoms with Gasteiger partial charge in [0.2, 0.25) is 0 Å². The number of hydrogen-bond donors (Lipinski definition) is 4. The zero-order valence-corrected chi connectivity index (χ0v) is 19.7. The summed E-state index contributed by atoms with van der Waals surface area (Å²) in [7, 11) is 0. The highest BCUT2D eigenvalue weighted by Crippen LogP contribution is 2.55. The largest absolute Gasteiger partial charge is 0.507 e. The van der Waals surface area contributed by atoms with E-state index < -0.39 is 0 Å². The molecule has 0 atom stereocenters. The lowest BCUT2D eigenvalue weighted by Crippen LogP contribution is -2.09. The standard InChI is InChI=1S/C28H38O4/c1-18(21-14-19(6-4-12-29)16-23(25(21)31)27(2)8-9-27)22-15-20(7-5-13-30)17-24(26(22)32)28(3)10-11-28/h14-18,29-32H,4-13H2,1-3H3. The van der Waals surface area contributed by atoms with Crippen molar-refractivity contribution in [2.45, 2.75) is 88.9 Å². The summed E-state index contributed by atoms with van der Waals surface area (Å²) in [6, 6.07) is 8.34. The van der Waals surface area contributed by atoms with Crippen LogP contribution in [0.25, 0.3) is 0 Å². The van der Waals surface area contributed by atoms with E-state index in [9.17, 15) is 20.4 Å². The highest BCUT2D eigenvalue weighted by atomic mass is 16.3. The average molecular weight is 439 g/mol. The summed E-state index contributed by atoms with van der Waals surface area (Å²) in [4.78, 5) is 0. The van der Waals surface area contributed by atoms with E-state index >= 15 is 0 Å². The van der Waals surface area contributed by atoms with E-state index in [4.69, 9.17) is 0 Å². The lowest BCUT2D eigenvalue weighted by molar-refractivity contribution is 0.288. The number of aliphatic hydroxyl groups is 2. The molecule has 4 nitrogen and oxygen atoms in total. The molecule has 2 saturated carbocycles. The summed E-state index contributed by atoms with van der Waals surface area (Å²) in [5.41, 5.74) is 6.01. The Morgan fingerprint density at radius 2 is 1.09 bits per heavy atom. The molecule has 2 aliphatic rings. The fraction of sp³-hybridized carbons (Fsp3) is 0.571. The van der Waals surface area contributed by atoms with Gasteiger partial charge in [-0.15, -0.1) is 0 Å². The molecule has 0 spiro atoms. The summed E-state index contributed by atoms with van der Waals surface area (Å²) in [6.45, 7) is 6.76. The molecule has 0 saturated heterocycles. The molecule has 0 amide bonds. The monoisotopic (exact) mass is 438 g/mol. The van der Waals surface area contributed by atoms with Crippen molar-refractivity contribution >= 4 is 0 Å². The Morgan fingerprint density at radius 1 is 0.719 bits per heavy atom. The number of phenolic OH excluding ortho intramolecular Hbond substituents is 2. The first kappa shape index (κ1) is 23.1. The van der Waals surface area contributed by atoms with E-state index in [1.165, 1.54) is 0 Å². The number of benzene rings is 2. The third-order valence-electron chi connectivity index (χ3n) is 7.88. The molecule has 2 aromatic rings. The molecule has 174 valence electrons. The summed E-state index contributed by atoms with van der Waals surface area (Å²) in [5.74, 6) is 0.537. The molecule has 2 aromatic carbocycles. The number of rotatable bonds is 10. The smallest absolute Gasteiger partial charge is 0.123 e. The van der Waals surface area contributed by atoms with Crippen LogP contribution >= 0.6 is 0 Å². The molecule has 0 bridgehead atoms. The second-order valence-corrected chi connectivity index (χ2v) is 10.7. The Hall–Kier alpha value is -2.04. The van der Waals surface area contributed by atoms with Gasteiger partial charge in [-0.3, -0.25) is 0 Å². The third kappa shape index (κ3) is 4.40. The van der Waals surface area contributed by atoms with Gasteiger partial charge in [0.1, 0.15) is 11.5 Å². The van der Waals surface area contributed by atoms with Crippen molar-refractivity contribution in [3.63, 3.8) is 0 Å². The fourth-order valence-electron chi connectivity index (χ4n) is 4.95. The van der Waals surface area contributed by atoms with Crippen molar-refractivity contribution in [1.82, 2.24) is 0 Å². The van der Waals surface area contributed by atoms with Crippen molar-refractivity contribution in [3.8, 4) is 11.5 Å². The van der Waals surface area contributed by atoms with E-state index in [0.29, 0.717) is 24.3 Å². The van der Waals surface area contributed by atoms with Crippen LogP contribution in [-0.4, -0.2) is 33.6 Å². The Kier molecular flexibility index (Phi) is 6.30. The number of aromatic hydroxyl groups is 2. The topological polar surface area (TPSA) is 80.9 Å². The molecule has 2 aliphatic carbocycles. The zero-order chi connectivity index (χ0) is 23.1. The first-order valence-corrected chi connectivity index (χ1v) is 12.2. The van der Waals surface area contributed by atoms with Gasteiger partial charge in [-0.1, -0.05) is 45.0 Å². The van der Waals surface area contributed by atoms with E-state index in [1.54, 1.807) is 0 Å². The predicted octanol–water partition coefficient (Wildman–Crippen LogP) is 5.20. The van der Waals surface area contributed by atoms with Crippen LogP contribution in [0.4, 0.5) is 0 Å². The molecule has 32 heavy (non-hydrogen) atoms. The van der Waals surface area contributed by atoms with Gasteiger partial charge in [-0.2, -0.15) is 0 Å². The van der Waals surface area contributed by atoms with E-state index in [2.05, 4.69) is 45.0 Å². The quantitative estimate of drug-likeness (QED) is 0.411. The lowest BCUT2D eigenvalue weighted by Gasteiger charge is -2.24. The Bertz CT molecular complexity index is 906. The van der Waals surface area contributed by atoms with Crippen LogP contribution in [-0.2, 0) is 23.7 Å². The molecular weight excluding hydrogens is 400 g/mol. The van der Waals surface area contributed by atoms with Crippen molar-refractivity contribution in [2.24, 2.45) is 0 Å². The summed E-state index contributed by atoms with van der Waals surface area (Å²) >= 11 is 0. The minimum absolute atomic E-state index is 0.0193. The first-order valence-electron chi connectivity index (χ1n) is 12.2. The van der Waals surface area contributed by atoms with Gasteiger partial charge >= 0.3 is 0 Å². The van der Waals surface area contributed by atoms with Crippen LogP contribution in [0.1, 0.15) is 98.6 Å². The van der Waals surface area contributed by atoms with Gasteiger partial charge in [0, 0.05) is 41.4 Å². The first-order chi connectivity index (χ1) is 15.2. The number of aryl methyl sites for hydroxylation is 2. The number of aliphatic hydroxyl groups excluding tert-OH is 2. The van der Waals surface area contributed by atoms with E-state index in [1.807, 2.05) is 0 Å². The Balaban J connectivity index is 1.80. The van der Waals surface area contributed by atoms with Crippen molar-refractivity contribution < 1.29 is 20.4 Å². The molecule has 0 radical (unpaired) electrons. The molecule has 0 unspecified atom stereocenters. The van der Waals surface area contributed by atoms with Crippen molar-refractivity contribution in [2.75, 3.05) is 13.2 Å². The number of hydrogen-bond acceptors (Lipinski definition) is 4. The van der Waals surface area contributed by atoms with E-state index in [0.717, 1.165) is 71.9 Å². The van der Waals surface area contributed by atoms with Gasteiger partial charge in [-0.05, 0) is 73.3 Å². The van der Waals surface area contributed by atoms with Gasteiger partial charge in [0.15, 0.2) is 0 Å². The maximum Gasteiger partial charge on any atom is 0.123 e. The molecule has 4 N–H and O–H groups in total. The van der Waals surface area contributed by atoms with Crippen LogP contribution in [0.2, 0.25) is 0 Å². The second kappa shape index (κ2) is 8.72. The Labute approximate surface area is 191 Å². The third-order valence-corrected chi connectivity index (χ3v) is 7.88. The molecule has 0 aromatic heterocycles. The van der Waals surface area contributed by atoms with Crippen molar-refractivity contribution in [1.29, 1.82) is 0 Å². The zero-order valence-electron chi connectivity index (χ0n) is 19.7. The summed E-state index contributed by atoms with van der Waals surface area (Å²) in [6.07, 6.45) is 7.21. The highest BCUT2D eigenvalue weighted by Gasteiger charge is 2.43. The van der Waals surface area contributed by atoms with Crippen LogP contribution in [0.15, 0.2) is 24.3 Å². The number of phenols is 2. The summed E-state index contributed by atoms with van der Waals surface area (Å²) in [5, 5.41) is 41.3. The maximum atomic E-state index is 11.3. The SMILES string of the molecule is CC(c1cc(CCCO)cc(C2(C)CC2)c1O)c1cc(CCCO)cc(C2(C)CC2)c1O. The Morgan fingerprint density at radius 3 is 1.41 bits per heavy atom. The van der Waals surface area contributed by atoms with Crippen LogP contribution in [0, 0.1) is 0 Å².